The van der Waals surface area contributed by atoms with Crippen molar-refractivity contribution >= 4 is 21.6 Å². The molecule has 1 N–H and O–H groups in total. The van der Waals surface area contributed by atoms with Crippen molar-refractivity contribution in [2.24, 2.45) is 0 Å². The third-order valence-corrected chi connectivity index (χ3v) is 4.82. The van der Waals surface area contributed by atoms with Gasteiger partial charge in [0.2, 0.25) is 0 Å². The Balaban J connectivity index is 2.47. The Bertz CT molecular complexity index is 900. The first-order valence-corrected chi connectivity index (χ1v) is 9.88. The van der Waals surface area contributed by atoms with Gasteiger partial charge in [-0.25, -0.2) is 13.2 Å². The number of carbonyl (C=O) groups excluding carboxylic acids is 1. The standard InChI is InChI=1S/C19H23NO5S/c1-19(2,3)13-11-15(17(24-4)16(12-13)26(5,22)23)20-18(21)25-14-9-7-6-8-10-14/h6-12H,1-5H3,(H,20,21). The zero-order chi connectivity index (χ0) is 19.5. The third-order valence-electron chi connectivity index (χ3n) is 3.71. The van der Waals surface area contributed by atoms with Crippen LogP contribution in [0.3, 0.4) is 0 Å². The van der Waals surface area contributed by atoms with Crippen molar-refractivity contribution in [2.45, 2.75) is 31.1 Å². The highest BCUT2D eigenvalue weighted by Crippen LogP contribution is 2.37. The van der Waals surface area contributed by atoms with Gasteiger partial charge in [-0.3, -0.25) is 5.32 Å². The lowest BCUT2D eigenvalue weighted by atomic mass is 9.86. The molecule has 0 aliphatic rings. The molecule has 0 bridgehead atoms. The van der Waals surface area contributed by atoms with Crippen LogP contribution in [0.4, 0.5) is 10.5 Å². The summed E-state index contributed by atoms with van der Waals surface area (Å²) >= 11 is 0. The summed E-state index contributed by atoms with van der Waals surface area (Å²) < 4.78 is 34.9. The second-order valence-corrected chi connectivity index (χ2v) is 8.89. The molecule has 0 aliphatic carbocycles. The number of carbonyl (C=O) groups is 1. The monoisotopic (exact) mass is 377 g/mol. The molecule has 1 amide bonds. The molecule has 0 fully saturated rings. The van der Waals surface area contributed by atoms with Crippen LogP contribution in [0.1, 0.15) is 26.3 Å². The fraction of sp³-hybridized carbons (Fsp3) is 0.316. The molecule has 0 heterocycles. The van der Waals surface area contributed by atoms with E-state index in [-0.39, 0.29) is 21.7 Å². The Labute approximate surface area is 154 Å². The van der Waals surface area contributed by atoms with Crippen LogP contribution in [0.5, 0.6) is 11.5 Å². The van der Waals surface area contributed by atoms with Crippen LogP contribution in [0.15, 0.2) is 47.4 Å². The normalized spacial score (nSPS) is 11.7. The van der Waals surface area contributed by atoms with Crippen LogP contribution >= 0.6 is 0 Å². The van der Waals surface area contributed by atoms with Gasteiger partial charge in [0.25, 0.3) is 0 Å². The van der Waals surface area contributed by atoms with Crippen LogP contribution in [0.25, 0.3) is 0 Å². The average Bonchev–Trinajstić information content (AvgIpc) is 2.53. The quantitative estimate of drug-likeness (QED) is 0.871. The second kappa shape index (κ2) is 7.37. The van der Waals surface area contributed by atoms with Gasteiger partial charge in [-0.05, 0) is 35.2 Å². The molecule has 0 aliphatic heterocycles. The van der Waals surface area contributed by atoms with E-state index in [1.54, 1.807) is 42.5 Å². The van der Waals surface area contributed by atoms with Crippen LogP contribution in [0, 0.1) is 0 Å². The van der Waals surface area contributed by atoms with Gasteiger partial charge >= 0.3 is 6.09 Å². The highest BCUT2D eigenvalue weighted by molar-refractivity contribution is 7.90. The summed E-state index contributed by atoms with van der Waals surface area (Å²) in [7, 11) is -2.21. The van der Waals surface area contributed by atoms with E-state index in [1.807, 2.05) is 20.8 Å². The van der Waals surface area contributed by atoms with E-state index >= 15 is 0 Å². The van der Waals surface area contributed by atoms with E-state index in [1.165, 1.54) is 7.11 Å². The van der Waals surface area contributed by atoms with E-state index in [4.69, 9.17) is 9.47 Å². The molecule has 0 aromatic heterocycles. The number of benzene rings is 2. The lowest BCUT2D eigenvalue weighted by Crippen LogP contribution is -2.20. The van der Waals surface area contributed by atoms with E-state index in [2.05, 4.69) is 5.32 Å². The Hall–Kier alpha value is -2.54. The van der Waals surface area contributed by atoms with Crippen molar-refractivity contribution in [3.05, 3.63) is 48.0 Å². The molecule has 0 spiro atoms. The van der Waals surface area contributed by atoms with Gasteiger partial charge in [-0.1, -0.05) is 39.0 Å². The minimum Gasteiger partial charge on any atom is -0.493 e. The molecular weight excluding hydrogens is 354 g/mol. The molecule has 6 nitrogen and oxygen atoms in total. The molecular formula is C19H23NO5S. The molecule has 2 rings (SSSR count). The minimum absolute atomic E-state index is 0.0161. The molecule has 7 heteroatoms. The SMILES string of the molecule is COc1c(NC(=O)Oc2ccccc2)cc(C(C)(C)C)cc1S(C)(=O)=O. The molecule has 2 aromatic carbocycles. The van der Waals surface area contributed by atoms with Gasteiger partial charge in [0.05, 0.1) is 12.8 Å². The van der Waals surface area contributed by atoms with Crippen molar-refractivity contribution in [1.82, 2.24) is 0 Å². The van der Waals surface area contributed by atoms with Crippen molar-refractivity contribution in [3.8, 4) is 11.5 Å². The first-order chi connectivity index (χ1) is 12.0. The van der Waals surface area contributed by atoms with E-state index < -0.39 is 15.9 Å². The predicted molar refractivity (Wildman–Crippen MR) is 101 cm³/mol. The first-order valence-electron chi connectivity index (χ1n) is 7.99. The fourth-order valence-corrected chi connectivity index (χ4v) is 3.22. The van der Waals surface area contributed by atoms with E-state index in [0.717, 1.165) is 11.8 Å². The number of nitrogens with one attached hydrogen (secondary N) is 1. The summed E-state index contributed by atoms with van der Waals surface area (Å²) in [6, 6.07) is 11.8. The van der Waals surface area contributed by atoms with Gasteiger partial charge in [0.1, 0.15) is 10.6 Å². The summed E-state index contributed by atoms with van der Waals surface area (Å²) in [5.74, 6) is 0.449. The van der Waals surface area contributed by atoms with E-state index in [0.29, 0.717) is 5.75 Å². The topological polar surface area (TPSA) is 81.7 Å². The van der Waals surface area contributed by atoms with Gasteiger partial charge < -0.3 is 9.47 Å². The lowest BCUT2D eigenvalue weighted by molar-refractivity contribution is 0.215. The fourth-order valence-electron chi connectivity index (χ4n) is 2.35. The Kier molecular flexibility index (Phi) is 5.61. The number of ether oxygens (including phenoxy) is 2. The molecule has 2 aromatic rings. The Morgan fingerprint density at radius 1 is 1.08 bits per heavy atom. The predicted octanol–water partition coefficient (Wildman–Crippen LogP) is 4.01. The molecule has 0 saturated heterocycles. The number of hydrogen-bond donors (Lipinski definition) is 1. The number of anilines is 1. The van der Waals surface area contributed by atoms with Gasteiger partial charge in [-0.2, -0.15) is 0 Å². The van der Waals surface area contributed by atoms with Crippen molar-refractivity contribution < 1.29 is 22.7 Å². The smallest absolute Gasteiger partial charge is 0.417 e. The summed E-state index contributed by atoms with van der Waals surface area (Å²) in [5, 5.41) is 2.58. The number of methoxy groups -OCH3 is 1. The number of para-hydroxylation sites is 1. The van der Waals surface area contributed by atoms with E-state index in [9.17, 15) is 13.2 Å². The van der Waals surface area contributed by atoms with Crippen molar-refractivity contribution in [1.29, 1.82) is 0 Å². The van der Waals surface area contributed by atoms with Gasteiger partial charge in [-0.15, -0.1) is 0 Å². The lowest BCUT2D eigenvalue weighted by Gasteiger charge is -2.23. The highest BCUT2D eigenvalue weighted by Gasteiger charge is 2.25. The summed E-state index contributed by atoms with van der Waals surface area (Å²) in [4.78, 5) is 12.2. The maximum atomic E-state index is 12.2. The zero-order valence-electron chi connectivity index (χ0n) is 15.5. The largest absolute Gasteiger partial charge is 0.493 e. The van der Waals surface area contributed by atoms with Gasteiger partial charge in [0, 0.05) is 6.26 Å². The number of sulfone groups is 1. The number of hydrogen-bond acceptors (Lipinski definition) is 5. The molecule has 0 radical (unpaired) electrons. The van der Waals surface area contributed by atoms with Crippen LogP contribution in [-0.2, 0) is 15.3 Å². The summed E-state index contributed by atoms with van der Waals surface area (Å²) in [6.07, 6.45) is 0.364. The summed E-state index contributed by atoms with van der Waals surface area (Å²) in [6.45, 7) is 5.85. The Morgan fingerprint density at radius 2 is 1.69 bits per heavy atom. The van der Waals surface area contributed by atoms with Crippen LogP contribution in [-0.4, -0.2) is 27.9 Å². The number of rotatable bonds is 4. The Morgan fingerprint density at radius 3 is 2.19 bits per heavy atom. The van der Waals surface area contributed by atoms with Crippen molar-refractivity contribution in [2.75, 3.05) is 18.7 Å². The third kappa shape index (κ3) is 4.76. The summed E-state index contributed by atoms with van der Waals surface area (Å²) in [5.41, 5.74) is 0.654. The maximum absolute atomic E-state index is 12.2. The minimum atomic E-state index is -3.56. The molecule has 0 saturated carbocycles. The highest BCUT2D eigenvalue weighted by atomic mass is 32.2. The van der Waals surface area contributed by atoms with Crippen LogP contribution < -0.4 is 14.8 Å². The molecule has 0 unspecified atom stereocenters. The van der Waals surface area contributed by atoms with Gasteiger partial charge in [0.15, 0.2) is 15.6 Å². The molecule has 26 heavy (non-hydrogen) atoms. The second-order valence-electron chi connectivity index (χ2n) is 6.90. The molecule has 0 atom stereocenters. The molecule has 140 valence electrons. The zero-order valence-corrected chi connectivity index (χ0v) is 16.3. The van der Waals surface area contributed by atoms with Crippen LogP contribution in [0.2, 0.25) is 0 Å². The maximum Gasteiger partial charge on any atom is 0.417 e. The van der Waals surface area contributed by atoms with Crippen molar-refractivity contribution in [3.63, 3.8) is 0 Å². The number of amides is 1. The first kappa shape index (κ1) is 19.8. The average molecular weight is 377 g/mol.